The fraction of sp³-hybridized carbons (Fsp3) is 0.444. The van der Waals surface area contributed by atoms with Crippen molar-refractivity contribution in [1.29, 1.82) is 0 Å². The third-order valence-electron chi connectivity index (χ3n) is 2.29. The first kappa shape index (κ1) is 9.33. The Balaban J connectivity index is 2.04. The molecule has 1 heterocycles. The fourth-order valence-electron chi connectivity index (χ4n) is 1.41. The second kappa shape index (κ2) is 3.88. The molecule has 0 saturated heterocycles. The number of rotatable bonds is 3. The first-order valence-corrected chi connectivity index (χ1v) is 5.46. The van der Waals surface area contributed by atoms with Gasteiger partial charge in [-0.3, -0.25) is 0 Å². The molecule has 1 aliphatic carbocycles. The number of nitrogens with two attached hydrogens (primary N) is 1. The second-order valence-corrected chi connectivity index (χ2v) is 4.43. The largest absolute Gasteiger partial charge is 0.408 e. The topological polar surface area (TPSA) is 61.9 Å². The molecular weight excluding hydrogens is 198 g/mol. The molecule has 1 aromatic heterocycles. The van der Waals surface area contributed by atoms with Gasteiger partial charge in [0.05, 0.1) is 6.54 Å². The Morgan fingerprint density at radius 1 is 1.71 bits per heavy atom. The van der Waals surface area contributed by atoms with E-state index in [1.165, 1.54) is 4.88 Å². The summed E-state index contributed by atoms with van der Waals surface area (Å²) in [6, 6.07) is 4.54. The molecule has 0 bridgehead atoms. The Bertz CT molecular complexity index is 319. The van der Waals surface area contributed by atoms with Gasteiger partial charge < -0.3 is 15.8 Å². The maximum atomic E-state index is 8.64. The van der Waals surface area contributed by atoms with Crippen molar-refractivity contribution in [2.24, 2.45) is 10.9 Å². The van der Waals surface area contributed by atoms with Crippen LogP contribution in [0.5, 0.6) is 0 Å². The summed E-state index contributed by atoms with van der Waals surface area (Å²) in [5.41, 5.74) is 5.61. The van der Waals surface area contributed by atoms with Crippen LogP contribution in [-0.4, -0.2) is 22.1 Å². The molecule has 0 aliphatic heterocycles. The number of nitrogens with zero attached hydrogens (tertiary/aromatic N) is 2. The van der Waals surface area contributed by atoms with E-state index in [0.717, 1.165) is 19.4 Å². The average Bonchev–Trinajstić information content (AvgIpc) is 2.92. The third kappa shape index (κ3) is 1.98. The molecule has 1 saturated carbocycles. The van der Waals surface area contributed by atoms with Gasteiger partial charge in [0.15, 0.2) is 0 Å². The van der Waals surface area contributed by atoms with Gasteiger partial charge in [0.25, 0.3) is 0 Å². The van der Waals surface area contributed by atoms with Crippen molar-refractivity contribution < 1.29 is 5.21 Å². The van der Waals surface area contributed by atoms with Crippen LogP contribution >= 0.6 is 11.3 Å². The summed E-state index contributed by atoms with van der Waals surface area (Å²) >= 11 is 1.69. The molecule has 0 atom stereocenters. The SMILES string of the molecule is NC(=NO)N(Cc1cccs1)C1CC1. The molecule has 2 rings (SSSR count). The summed E-state index contributed by atoms with van der Waals surface area (Å²) in [7, 11) is 0. The lowest BCUT2D eigenvalue weighted by Gasteiger charge is -2.21. The Kier molecular flexibility index (Phi) is 2.58. The molecule has 4 nitrogen and oxygen atoms in total. The van der Waals surface area contributed by atoms with E-state index in [0.29, 0.717) is 6.04 Å². The Morgan fingerprint density at radius 3 is 3.00 bits per heavy atom. The van der Waals surface area contributed by atoms with E-state index in [4.69, 9.17) is 10.9 Å². The van der Waals surface area contributed by atoms with Gasteiger partial charge in [0.1, 0.15) is 0 Å². The molecule has 0 aromatic carbocycles. The predicted molar refractivity (Wildman–Crippen MR) is 56.3 cm³/mol. The number of oxime groups is 1. The first-order valence-electron chi connectivity index (χ1n) is 4.58. The lowest BCUT2D eigenvalue weighted by molar-refractivity contribution is 0.294. The van der Waals surface area contributed by atoms with Crippen LogP contribution in [0.15, 0.2) is 22.7 Å². The van der Waals surface area contributed by atoms with Gasteiger partial charge in [-0.15, -0.1) is 11.3 Å². The van der Waals surface area contributed by atoms with E-state index >= 15 is 0 Å². The zero-order valence-electron chi connectivity index (χ0n) is 7.76. The monoisotopic (exact) mass is 211 g/mol. The molecule has 5 heteroatoms. The van der Waals surface area contributed by atoms with Gasteiger partial charge in [-0.25, -0.2) is 0 Å². The van der Waals surface area contributed by atoms with Crippen molar-refractivity contribution in [2.75, 3.05) is 0 Å². The van der Waals surface area contributed by atoms with Crippen molar-refractivity contribution in [2.45, 2.75) is 25.4 Å². The highest BCUT2D eigenvalue weighted by Gasteiger charge is 2.30. The highest BCUT2D eigenvalue weighted by molar-refractivity contribution is 7.09. The number of hydrogen-bond acceptors (Lipinski definition) is 3. The van der Waals surface area contributed by atoms with E-state index in [1.807, 2.05) is 16.3 Å². The summed E-state index contributed by atoms with van der Waals surface area (Å²) in [4.78, 5) is 3.19. The van der Waals surface area contributed by atoms with Crippen molar-refractivity contribution in [3.05, 3.63) is 22.4 Å². The predicted octanol–water partition coefficient (Wildman–Crippen LogP) is 1.42. The van der Waals surface area contributed by atoms with Crippen LogP contribution in [0, 0.1) is 0 Å². The van der Waals surface area contributed by atoms with E-state index in [-0.39, 0.29) is 5.96 Å². The van der Waals surface area contributed by atoms with E-state index in [1.54, 1.807) is 11.3 Å². The van der Waals surface area contributed by atoms with Gasteiger partial charge in [-0.1, -0.05) is 11.2 Å². The van der Waals surface area contributed by atoms with Crippen LogP contribution in [0.25, 0.3) is 0 Å². The van der Waals surface area contributed by atoms with E-state index < -0.39 is 0 Å². The fourth-order valence-corrected chi connectivity index (χ4v) is 2.11. The van der Waals surface area contributed by atoms with Crippen LogP contribution in [0.3, 0.4) is 0 Å². The van der Waals surface area contributed by atoms with Crippen molar-refractivity contribution >= 4 is 17.3 Å². The van der Waals surface area contributed by atoms with Gasteiger partial charge in [-0.05, 0) is 24.3 Å². The molecule has 1 fully saturated rings. The van der Waals surface area contributed by atoms with E-state index in [2.05, 4.69) is 11.2 Å². The maximum absolute atomic E-state index is 8.64. The molecule has 0 spiro atoms. The maximum Gasteiger partial charge on any atom is 0.233 e. The highest BCUT2D eigenvalue weighted by atomic mass is 32.1. The summed E-state index contributed by atoms with van der Waals surface area (Å²) in [5, 5.41) is 13.7. The lowest BCUT2D eigenvalue weighted by Crippen LogP contribution is -2.38. The molecule has 0 radical (unpaired) electrons. The van der Waals surface area contributed by atoms with Gasteiger partial charge >= 0.3 is 0 Å². The normalized spacial score (nSPS) is 17.0. The molecule has 3 N–H and O–H groups in total. The zero-order valence-corrected chi connectivity index (χ0v) is 8.57. The zero-order chi connectivity index (χ0) is 9.97. The molecule has 0 amide bonds. The highest BCUT2D eigenvalue weighted by Crippen LogP contribution is 2.28. The Morgan fingerprint density at radius 2 is 2.50 bits per heavy atom. The summed E-state index contributed by atoms with van der Waals surface area (Å²) in [6.45, 7) is 0.748. The molecule has 14 heavy (non-hydrogen) atoms. The molecule has 76 valence electrons. The second-order valence-electron chi connectivity index (χ2n) is 3.40. The van der Waals surface area contributed by atoms with Gasteiger partial charge in [-0.2, -0.15) is 0 Å². The van der Waals surface area contributed by atoms with Crippen LogP contribution in [0.2, 0.25) is 0 Å². The van der Waals surface area contributed by atoms with Crippen LogP contribution in [0.1, 0.15) is 17.7 Å². The van der Waals surface area contributed by atoms with Crippen molar-refractivity contribution in [3.8, 4) is 0 Å². The quantitative estimate of drug-likeness (QED) is 0.344. The van der Waals surface area contributed by atoms with Crippen LogP contribution in [0.4, 0.5) is 0 Å². The minimum Gasteiger partial charge on any atom is -0.408 e. The minimum atomic E-state index is 0.223. The number of guanidine groups is 1. The molecule has 1 aromatic rings. The van der Waals surface area contributed by atoms with Crippen molar-refractivity contribution in [3.63, 3.8) is 0 Å². The molecular formula is C9H13N3OS. The smallest absolute Gasteiger partial charge is 0.233 e. The van der Waals surface area contributed by atoms with Crippen LogP contribution in [-0.2, 0) is 6.54 Å². The van der Waals surface area contributed by atoms with Gasteiger partial charge in [0, 0.05) is 10.9 Å². The van der Waals surface area contributed by atoms with Crippen LogP contribution < -0.4 is 5.73 Å². The summed E-state index contributed by atoms with van der Waals surface area (Å²) in [6.07, 6.45) is 2.28. The first-order chi connectivity index (χ1) is 6.81. The standard InChI is InChI=1S/C9H13N3OS/c10-9(11-13)12(7-3-4-7)6-8-2-1-5-14-8/h1-2,5,7,13H,3-4,6H2,(H2,10,11). The summed E-state index contributed by atoms with van der Waals surface area (Å²) in [5.74, 6) is 0.223. The van der Waals surface area contributed by atoms with E-state index in [9.17, 15) is 0 Å². The molecule has 0 unspecified atom stereocenters. The molecule has 1 aliphatic rings. The van der Waals surface area contributed by atoms with Gasteiger partial charge in [0.2, 0.25) is 5.96 Å². The Hall–Kier alpha value is -1.23. The Labute approximate surface area is 86.6 Å². The lowest BCUT2D eigenvalue weighted by atomic mass is 10.4. The third-order valence-corrected chi connectivity index (χ3v) is 3.15. The number of hydrogen-bond donors (Lipinski definition) is 2. The van der Waals surface area contributed by atoms with Crippen molar-refractivity contribution in [1.82, 2.24) is 4.90 Å². The minimum absolute atomic E-state index is 0.223. The number of thiophene rings is 1. The summed E-state index contributed by atoms with van der Waals surface area (Å²) < 4.78 is 0. The average molecular weight is 211 g/mol.